The first kappa shape index (κ1) is 23.0. The first-order chi connectivity index (χ1) is 15.5. The molecule has 1 heterocycles. The van der Waals surface area contributed by atoms with Crippen LogP contribution in [0, 0.1) is 12.8 Å². The van der Waals surface area contributed by atoms with E-state index in [0.29, 0.717) is 6.04 Å². The molecule has 0 aromatic heterocycles. The number of rotatable bonds is 7. The molecule has 0 bridgehead atoms. The van der Waals surface area contributed by atoms with Crippen molar-refractivity contribution in [2.75, 3.05) is 26.7 Å². The predicted molar refractivity (Wildman–Crippen MR) is 129 cm³/mol. The summed E-state index contributed by atoms with van der Waals surface area (Å²) < 4.78 is 0. The van der Waals surface area contributed by atoms with Gasteiger partial charge in [-0.2, -0.15) is 0 Å². The van der Waals surface area contributed by atoms with Crippen LogP contribution >= 0.6 is 0 Å². The number of nitrogens with one attached hydrogen (secondary N) is 1. The second-order valence-corrected chi connectivity index (χ2v) is 10.0. The van der Waals surface area contributed by atoms with Gasteiger partial charge in [0.2, 0.25) is 0 Å². The van der Waals surface area contributed by atoms with Crippen molar-refractivity contribution in [2.45, 2.75) is 63.5 Å². The van der Waals surface area contributed by atoms with E-state index in [1.165, 1.54) is 5.56 Å². The molecule has 0 radical (unpaired) electrons. The number of likely N-dealkylation sites (N-methyl/N-ethyl adjacent to an activating group) is 1. The second-order valence-electron chi connectivity index (χ2n) is 10.0. The molecule has 4 rings (SSSR count). The molecule has 2 unspecified atom stereocenters. The largest absolute Gasteiger partial charge is 0.375 e. The van der Waals surface area contributed by atoms with Gasteiger partial charge in [-0.1, -0.05) is 73.0 Å². The zero-order valence-corrected chi connectivity index (χ0v) is 19.7. The Balaban J connectivity index is 1.39. The SMILES string of the molecule is Cc1ccc(C(O)(C(=O)N2CCC([NH+](C)CCc3ccccc3)CC2)C2CCCC2)cc1. The van der Waals surface area contributed by atoms with E-state index < -0.39 is 5.60 Å². The van der Waals surface area contributed by atoms with Crippen molar-refractivity contribution in [3.8, 4) is 0 Å². The van der Waals surface area contributed by atoms with Crippen molar-refractivity contribution in [1.29, 1.82) is 0 Å². The molecule has 2 N–H and O–H groups in total. The van der Waals surface area contributed by atoms with Gasteiger partial charge in [-0.05, 0) is 30.9 Å². The van der Waals surface area contributed by atoms with Crippen LogP contribution in [0.4, 0.5) is 0 Å². The molecule has 32 heavy (non-hydrogen) atoms. The fourth-order valence-corrected chi connectivity index (χ4v) is 5.69. The summed E-state index contributed by atoms with van der Waals surface area (Å²) in [6, 6.07) is 19.2. The average Bonchev–Trinajstić information content (AvgIpc) is 3.38. The molecule has 1 saturated heterocycles. The molecule has 1 amide bonds. The lowest BCUT2D eigenvalue weighted by Crippen LogP contribution is -3.13. The van der Waals surface area contributed by atoms with E-state index in [0.717, 1.165) is 75.7 Å². The van der Waals surface area contributed by atoms with Gasteiger partial charge in [-0.25, -0.2) is 0 Å². The summed E-state index contributed by atoms with van der Waals surface area (Å²) in [5.41, 5.74) is 1.92. The van der Waals surface area contributed by atoms with Crippen LogP contribution in [0.15, 0.2) is 54.6 Å². The molecule has 0 spiro atoms. The van der Waals surface area contributed by atoms with E-state index in [-0.39, 0.29) is 11.8 Å². The Kier molecular flexibility index (Phi) is 7.32. The molecule has 4 heteroatoms. The van der Waals surface area contributed by atoms with Crippen molar-refractivity contribution >= 4 is 5.91 Å². The normalized spacial score (nSPS) is 20.8. The fraction of sp³-hybridized carbons (Fsp3) is 0.536. The van der Waals surface area contributed by atoms with Crippen LogP contribution < -0.4 is 4.90 Å². The maximum Gasteiger partial charge on any atom is 0.259 e. The van der Waals surface area contributed by atoms with Crippen LogP contribution in [-0.2, 0) is 16.8 Å². The first-order valence-corrected chi connectivity index (χ1v) is 12.4. The Morgan fingerprint density at radius 2 is 1.62 bits per heavy atom. The third kappa shape index (κ3) is 4.92. The summed E-state index contributed by atoms with van der Waals surface area (Å²) in [6.45, 7) is 4.64. The number of carbonyl (C=O) groups excluding carboxylic acids is 1. The number of hydrogen-bond acceptors (Lipinski definition) is 2. The van der Waals surface area contributed by atoms with Crippen LogP contribution in [0.25, 0.3) is 0 Å². The minimum Gasteiger partial charge on any atom is -0.375 e. The molecule has 172 valence electrons. The van der Waals surface area contributed by atoms with Crippen molar-refractivity contribution in [3.05, 3.63) is 71.3 Å². The van der Waals surface area contributed by atoms with Crippen molar-refractivity contribution in [2.24, 2.45) is 5.92 Å². The number of aryl methyl sites for hydroxylation is 1. The molecule has 2 aliphatic rings. The maximum atomic E-state index is 13.7. The zero-order chi connectivity index (χ0) is 22.6. The van der Waals surface area contributed by atoms with Crippen molar-refractivity contribution in [3.63, 3.8) is 0 Å². The number of aliphatic hydroxyl groups is 1. The standard InChI is InChI=1S/C28H38N2O2/c1-22-12-14-25(15-13-22)28(32,24-10-6-7-11-24)27(31)30-20-17-26(18-21-30)29(2)19-16-23-8-4-3-5-9-23/h3-5,8-9,12-15,24,26,32H,6-7,10-11,16-21H2,1-2H3/p+1. The lowest BCUT2D eigenvalue weighted by atomic mass is 9.78. The highest BCUT2D eigenvalue weighted by atomic mass is 16.3. The Labute approximate surface area is 193 Å². The number of amides is 1. The lowest BCUT2D eigenvalue weighted by molar-refractivity contribution is -0.907. The van der Waals surface area contributed by atoms with E-state index in [1.807, 2.05) is 36.1 Å². The molecule has 2 fully saturated rings. The highest BCUT2D eigenvalue weighted by Crippen LogP contribution is 2.42. The molecule has 2 aromatic carbocycles. The highest BCUT2D eigenvalue weighted by molar-refractivity contribution is 5.87. The smallest absolute Gasteiger partial charge is 0.259 e. The maximum absolute atomic E-state index is 13.7. The molecule has 4 nitrogen and oxygen atoms in total. The third-order valence-electron chi connectivity index (χ3n) is 7.89. The summed E-state index contributed by atoms with van der Waals surface area (Å²) in [5.74, 6) is -0.0526. The molecular formula is C28H39N2O2+. The van der Waals surface area contributed by atoms with E-state index >= 15 is 0 Å². The Hall–Kier alpha value is -2.17. The topological polar surface area (TPSA) is 45.0 Å². The van der Waals surface area contributed by atoms with Gasteiger partial charge in [0, 0.05) is 38.3 Å². The van der Waals surface area contributed by atoms with Gasteiger partial charge < -0.3 is 14.9 Å². The number of benzene rings is 2. The Bertz CT molecular complexity index is 868. The molecule has 1 saturated carbocycles. The molecular weight excluding hydrogens is 396 g/mol. The predicted octanol–water partition coefficient (Wildman–Crippen LogP) is 3.12. The first-order valence-electron chi connectivity index (χ1n) is 12.4. The van der Waals surface area contributed by atoms with Crippen molar-refractivity contribution < 1.29 is 14.8 Å². The Morgan fingerprint density at radius 1 is 1.00 bits per heavy atom. The number of carbonyl (C=O) groups is 1. The molecule has 2 aromatic rings. The van der Waals surface area contributed by atoms with Crippen molar-refractivity contribution in [1.82, 2.24) is 4.90 Å². The number of nitrogens with zero attached hydrogens (tertiary/aromatic N) is 1. The van der Waals surface area contributed by atoms with Crippen LogP contribution in [0.1, 0.15) is 55.2 Å². The summed E-state index contributed by atoms with van der Waals surface area (Å²) in [5, 5.41) is 11.9. The summed E-state index contributed by atoms with van der Waals surface area (Å²) in [6.07, 6.45) is 7.15. The summed E-state index contributed by atoms with van der Waals surface area (Å²) in [7, 11) is 2.28. The monoisotopic (exact) mass is 435 g/mol. The van der Waals surface area contributed by atoms with Crippen LogP contribution in [0.3, 0.4) is 0 Å². The van der Waals surface area contributed by atoms with Crippen LogP contribution in [-0.4, -0.2) is 48.6 Å². The van der Waals surface area contributed by atoms with Gasteiger partial charge in [0.1, 0.15) is 0 Å². The van der Waals surface area contributed by atoms with Gasteiger partial charge in [-0.15, -0.1) is 0 Å². The number of likely N-dealkylation sites (tertiary alicyclic amines) is 1. The van der Waals surface area contributed by atoms with E-state index in [9.17, 15) is 9.90 Å². The Morgan fingerprint density at radius 3 is 2.25 bits per heavy atom. The third-order valence-corrected chi connectivity index (χ3v) is 7.89. The van der Waals surface area contributed by atoms with Crippen LogP contribution in [0.5, 0.6) is 0 Å². The number of quaternary nitrogens is 1. The molecule has 1 aliphatic heterocycles. The van der Waals surface area contributed by atoms with Gasteiger partial charge in [0.25, 0.3) is 5.91 Å². The van der Waals surface area contributed by atoms with Gasteiger partial charge in [0.05, 0.1) is 19.6 Å². The quantitative estimate of drug-likeness (QED) is 0.702. The van der Waals surface area contributed by atoms with E-state index in [2.05, 4.69) is 37.4 Å². The number of piperidine rings is 1. The number of hydrogen-bond donors (Lipinski definition) is 2. The lowest BCUT2D eigenvalue weighted by Gasteiger charge is -2.41. The molecule has 2 atom stereocenters. The second kappa shape index (κ2) is 10.2. The fourth-order valence-electron chi connectivity index (χ4n) is 5.69. The van der Waals surface area contributed by atoms with E-state index in [1.54, 1.807) is 4.90 Å². The zero-order valence-electron chi connectivity index (χ0n) is 19.7. The minimum atomic E-state index is -1.39. The average molecular weight is 436 g/mol. The summed E-state index contributed by atoms with van der Waals surface area (Å²) >= 11 is 0. The minimum absolute atomic E-state index is 0.0228. The van der Waals surface area contributed by atoms with Gasteiger partial charge in [0.15, 0.2) is 5.60 Å². The highest BCUT2D eigenvalue weighted by Gasteiger charge is 2.49. The van der Waals surface area contributed by atoms with E-state index in [4.69, 9.17) is 0 Å². The van der Waals surface area contributed by atoms with Crippen LogP contribution in [0.2, 0.25) is 0 Å². The summed E-state index contributed by atoms with van der Waals surface area (Å²) in [4.78, 5) is 17.2. The molecule has 1 aliphatic carbocycles. The van der Waals surface area contributed by atoms with Gasteiger partial charge in [-0.3, -0.25) is 4.79 Å². The van der Waals surface area contributed by atoms with Gasteiger partial charge >= 0.3 is 0 Å².